The van der Waals surface area contributed by atoms with E-state index in [-0.39, 0.29) is 6.10 Å². The molecule has 2 saturated heterocycles. The molecule has 0 aromatic carbocycles. The van der Waals surface area contributed by atoms with Crippen molar-refractivity contribution in [3.63, 3.8) is 0 Å². The summed E-state index contributed by atoms with van der Waals surface area (Å²) in [4.78, 5) is 4.56. The van der Waals surface area contributed by atoms with Crippen LogP contribution >= 0.6 is 0 Å². The monoisotopic (exact) mass is 237 g/mol. The van der Waals surface area contributed by atoms with Crippen molar-refractivity contribution in [3.05, 3.63) is 24.2 Å². The molecule has 0 saturated carbocycles. The Hall–Kier alpha value is -1.16. The quantitative estimate of drug-likeness (QED) is 0.798. The average molecular weight is 237 g/mol. The highest BCUT2D eigenvalue weighted by Crippen LogP contribution is 2.22. The summed E-state index contributed by atoms with van der Waals surface area (Å²) in [5.41, 5.74) is 7.07. The summed E-state index contributed by atoms with van der Waals surface area (Å²) in [6.45, 7) is 11.0. The van der Waals surface area contributed by atoms with Gasteiger partial charge in [-0.2, -0.15) is 0 Å². The average Bonchev–Trinajstić information content (AvgIpc) is 2.91. The van der Waals surface area contributed by atoms with Gasteiger partial charge in [0.05, 0.1) is 11.9 Å². The fourth-order valence-corrected chi connectivity index (χ4v) is 2.48. The molecule has 0 amide bonds. The molecule has 2 N–H and O–H groups in total. The second kappa shape index (κ2) is 5.45. The van der Waals surface area contributed by atoms with E-state index >= 15 is 0 Å². The normalized spacial score (nSPS) is 26.4. The summed E-state index contributed by atoms with van der Waals surface area (Å²) in [5.74, 6) is 0.882. The Morgan fingerprint density at radius 3 is 2.47 bits per heavy atom. The van der Waals surface area contributed by atoms with E-state index < -0.39 is 0 Å². The molecule has 1 atom stereocenters. The molecule has 2 rings (SSSR count). The van der Waals surface area contributed by atoms with Crippen LogP contribution in [0.2, 0.25) is 0 Å². The molecule has 2 fully saturated rings. The van der Waals surface area contributed by atoms with Gasteiger partial charge < -0.3 is 20.3 Å². The number of hydrogen-bond donors (Lipinski definition) is 1. The number of rotatable bonds is 3. The van der Waals surface area contributed by atoms with Gasteiger partial charge in [-0.25, -0.2) is 0 Å². The maximum Gasteiger partial charge on any atom is 0.0966 e. The number of ether oxygens (including phenoxy) is 1. The van der Waals surface area contributed by atoms with Crippen molar-refractivity contribution in [2.45, 2.75) is 25.9 Å². The first-order valence-electron chi connectivity index (χ1n) is 6.44. The van der Waals surface area contributed by atoms with E-state index in [2.05, 4.69) is 16.4 Å². The smallest absolute Gasteiger partial charge is 0.0966 e. The summed E-state index contributed by atoms with van der Waals surface area (Å²) in [6, 6.07) is 0. The van der Waals surface area contributed by atoms with Crippen molar-refractivity contribution in [2.24, 2.45) is 5.73 Å². The molecule has 0 aromatic heterocycles. The third kappa shape index (κ3) is 2.75. The first kappa shape index (κ1) is 12.3. The van der Waals surface area contributed by atoms with Gasteiger partial charge in [0.1, 0.15) is 0 Å². The van der Waals surface area contributed by atoms with Crippen LogP contribution in [0.4, 0.5) is 0 Å². The maximum atomic E-state index is 5.91. The first-order chi connectivity index (χ1) is 8.22. The Kier molecular flexibility index (Phi) is 3.94. The molecule has 2 aliphatic heterocycles. The van der Waals surface area contributed by atoms with Gasteiger partial charge >= 0.3 is 0 Å². The number of piperazine rings is 1. The number of nitrogens with zero attached hydrogens (tertiary/aromatic N) is 2. The van der Waals surface area contributed by atoms with E-state index in [0.717, 1.165) is 57.1 Å². The second-order valence-corrected chi connectivity index (χ2v) is 4.68. The van der Waals surface area contributed by atoms with Crippen LogP contribution in [0.3, 0.4) is 0 Å². The van der Waals surface area contributed by atoms with Crippen LogP contribution in [-0.2, 0) is 4.74 Å². The molecule has 0 bridgehead atoms. The lowest BCUT2D eigenvalue weighted by Crippen LogP contribution is -2.47. The molecule has 96 valence electrons. The van der Waals surface area contributed by atoms with E-state index in [1.54, 1.807) is 0 Å². The van der Waals surface area contributed by atoms with E-state index in [1.807, 2.05) is 13.0 Å². The van der Waals surface area contributed by atoms with E-state index in [0.29, 0.717) is 0 Å². The summed E-state index contributed by atoms with van der Waals surface area (Å²) in [5, 5.41) is 0. The molecule has 2 aliphatic rings. The number of hydrogen-bond acceptors (Lipinski definition) is 4. The topological polar surface area (TPSA) is 41.7 Å². The SMILES string of the molecule is C=C(C1CCCO1)N1CCN(/C(N)=C/C)CC1. The second-order valence-electron chi connectivity index (χ2n) is 4.68. The summed E-state index contributed by atoms with van der Waals surface area (Å²) in [6.07, 6.45) is 4.50. The molecule has 2 heterocycles. The Balaban J connectivity index is 1.84. The molecular weight excluding hydrogens is 214 g/mol. The Morgan fingerprint density at radius 1 is 1.29 bits per heavy atom. The molecule has 0 aliphatic carbocycles. The lowest BCUT2D eigenvalue weighted by atomic mass is 10.1. The lowest BCUT2D eigenvalue weighted by Gasteiger charge is -2.39. The summed E-state index contributed by atoms with van der Waals surface area (Å²) < 4.78 is 5.67. The minimum absolute atomic E-state index is 0.251. The van der Waals surface area contributed by atoms with Gasteiger partial charge in [-0.15, -0.1) is 0 Å². The van der Waals surface area contributed by atoms with Gasteiger partial charge in [0, 0.05) is 38.5 Å². The predicted octanol–water partition coefficient (Wildman–Crippen LogP) is 1.12. The molecule has 0 radical (unpaired) electrons. The molecular formula is C13H23N3O. The van der Waals surface area contributed by atoms with Gasteiger partial charge in [-0.05, 0) is 25.8 Å². The number of allylic oxidation sites excluding steroid dienone is 1. The summed E-state index contributed by atoms with van der Waals surface area (Å²) in [7, 11) is 0. The highest BCUT2D eigenvalue weighted by molar-refractivity contribution is 5.06. The van der Waals surface area contributed by atoms with Crippen LogP contribution in [0.15, 0.2) is 24.2 Å². The van der Waals surface area contributed by atoms with Crippen LogP contribution in [0, 0.1) is 0 Å². The zero-order valence-corrected chi connectivity index (χ0v) is 10.7. The third-order valence-corrected chi connectivity index (χ3v) is 3.65. The number of nitrogens with two attached hydrogens (primary N) is 1. The molecule has 4 heteroatoms. The molecule has 17 heavy (non-hydrogen) atoms. The van der Waals surface area contributed by atoms with E-state index in [4.69, 9.17) is 10.5 Å². The minimum Gasteiger partial charge on any atom is -0.386 e. The Bertz CT molecular complexity index is 300. The fraction of sp³-hybridized carbons (Fsp3) is 0.692. The predicted molar refractivity (Wildman–Crippen MR) is 69.2 cm³/mol. The van der Waals surface area contributed by atoms with Crippen LogP contribution in [0.5, 0.6) is 0 Å². The van der Waals surface area contributed by atoms with Gasteiger partial charge in [0.2, 0.25) is 0 Å². The molecule has 0 spiro atoms. The fourth-order valence-electron chi connectivity index (χ4n) is 2.48. The standard InChI is InChI=1S/C13H23N3O/c1-3-13(14)16-8-6-15(7-9-16)11(2)12-5-4-10-17-12/h3,12H,2,4-10,14H2,1H3/b13-3+. The largest absolute Gasteiger partial charge is 0.386 e. The van der Waals surface area contributed by atoms with Crippen LogP contribution in [0.25, 0.3) is 0 Å². The van der Waals surface area contributed by atoms with Gasteiger partial charge in [-0.1, -0.05) is 6.58 Å². The highest BCUT2D eigenvalue weighted by atomic mass is 16.5. The van der Waals surface area contributed by atoms with Crippen molar-refractivity contribution in [1.82, 2.24) is 9.80 Å². The van der Waals surface area contributed by atoms with Crippen LogP contribution in [0.1, 0.15) is 19.8 Å². The van der Waals surface area contributed by atoms with Gasteiger partial charge in [-0.3, -0.25) is 0 Å². The molecule has 0 aromatic rings. The third-order valence-electron chi connectivity index (χ3n) is 3.65. The van der Waals surface area contributed by atoms with Crippen molar-refractivity contribution >= 4 is 0 Å². The van der Waals surface area contributed by atoms with Crippen molar-refractivity contribution in [3.8, 4) is 0 Å². The maximum absolute atomic E-state index is 5.91. The first-order valence-corrected chi connectivity index (χ1v) is 6.44. The zero-order chi connectivity index (χ0) is 12.3. The van der Waals surface area contributed by atoms with Gasteiger partial charge in [0.25, 0.3) is 0 Å². The van der Waals surface area contributed by atoms with E-state index in [9.17, 15) is 0 Å². The Labute approximate surface area is 104 Å². The highest BCUT2D eigenvalue weighted by Gasteiger charge is 2.25. The van der Waals surface area contributed by atoms with Crippen molar-refractivity contribution in [2.75, 3.05) is 32.8 Å². The van der Waals surface area contributed by atoms with Crippen molar-refractivity contribution < 1.29 is 4.74 Å². The van der Waals surface area contributed by atoms with E-state index in [1.165, 1.54) is 0 Å². The van der Waals surface area contributed by atoms with Crippen molar-refractivity contribution in [1.29, 1.82) is 0 Å². The molecule has 4 nitrogen and oxygen atoms in total. The Morgan fingerprint density at radius 2 is 1.94 bits per heavy atom. The van der Waals surface area contributed by atoms with Gasteiger partial charge in [0.15, 0.2) is 0 Å². The van der Waals surface area contributed by atoms with Crippen LogP contribution < -0.4 is 5.73 Å². The zero-order valence-electron chi connectivity index (χ0n) is 10.7. The lowest BCUT2D eigenvalue weighted by molar-refractivity contribution is 0.0943. The van der Waals surface area contributed by atoms with Crippen LogP contribution in [-0.4, -0.2) is 48.7 Å². The minimum atomic E-state index is 0.251. The molecule has 1 unspecified atom stereocenters. The summed E-state index contributed by atoms with van der Waals surface area (Å²) >= 11 is 0.